The van der Waals surface area contributed by atoms with Crippen molar-refractivity contribution in [3.05, 3.63) is 0 Å². The zero-order valence-electron chi connectivity index (χ0n) is 5.13. The second kappa shape index (κ2) is 3.07. The molecule has 0 aliphatic carbocycles. The summed E-state index contributed by atoms with van der Waals surface area (Å²) in [5.74, 6) is -3.78. The summed E-state index contributed by atoms with van der Waals surface area (Å²) in [4.78, 5) is 17.0. The van der Waals surface area contributed by atoms with Gasteiger partial charge in [0, 0.05) is 0 Å². The van der Waals surface area contributed by atoms with E-state index in [2.05, 4.69) is 12.6 Å². The summed E-state index contributed by atoms with van der Waals surface area (Å²) >= 11 is 3.04. The lowest BCUT2D eigenvalue weighted by Gasteiger charge is -2.19. The quantitative estimate of drug-likeness (QED) is 0.258. The summed E-state index contributed by atoms with van der Waals surface area (Å²) in [6.07, 6.45) is -2.46. The van der Waals surface area contributed by atoms with Crippen molar-refractivity contribution in [2.75, 3.05) is 0 Å². The van der Waals surface area contributed by atoms with Crippen molar-refractivity contribution in [2.45, 2.75) is 11.0 Å². The molecule has 0 aromatic carbocycles. The Balaban J connectivity index is 4.55. The number of aliphatic carboxylic acids is 2. The molecular weight excluding hydrogens is 176 g/mol. The molecule has 0 aliphatic heterocycles. The van der Waals surface area contributed by atoms with Crippen LogP contribution in [0.4, 0.5) is 0 Å². The van der Waals surface area contributed by atoms with Gasteiger partial charge in [-0.3, -0.25) is 0 Å². The van der Waals surface area contributed by atoms with Gasteiger partial charge in [0.15, 0.2) is 0 Å². The normalized spacial score (nSPS) is 18.5. The van der Waals surface area contributed by atoms with Crippen LogP contribution < -0.4 is 0 Å². The maximum atomic E-state index is 10.0. The molecule has 0 saturated carbocycles. The Labute approximate surface area is 66.5 Å². The first kappa shape index (κ1) is 10.2. The zero-order valence-corrected chi connectivity index (χ0v) is 6.02. The van der Waals surface area contributed by atoms with Crippen molar-refractivity contribution in [1.29, 1.82) is 0 Å². The minimum Gasteiger partial charge on any atom is -0.479 e. The minimum atomic E-state index is -2.95. The lowest BCUT2D eigenvalue weighted by Crippen LogP contribution is -2.48. The highest BCUT2D eigenvalue weighted by molar-refractivity contribution is 7.82. The van der Waals surface area contributed by atoms with Crippen LogP contribution in [0.1, 0.15) is 0 Å². The first-order chi connectivity index (χ1) is 4.80. The fourth-order valence-electron chi connectivity index (χ4n) is 0.289. The predicted octanol–water partition coefficient (Wildman–Crippen LogP) is -1.87. The average Bonchev–Trinajstić information content (AvgIpc) is 1.85. The first-order valence-electron chi connectivity index (χ1n) is 2.39. The van der Waals surface area contributed by atoms with Gasteiger partial charge < -0.3 is 20.4 Å². The molecular formula is C4H6O6S. The van der Waals surface area contributed by atoms with Crippen molar-refractivity contribution in [2.24, 2.45) is 0 Å². The summed E-state index contributed by atoms with van der Waals surface area (Å²) in [5.41, 5.74) is 0. The molecule has 64 valence electrons. The Morgan fingerprint density at radius 1 is 1.36 bits per heavy atom. The van der Waals surface area contributed by atoms with E-state index < -0.39 is 23.0 Å². The van der Waals surface area contributed by atoms with Crippen LogP contribution >= 0.6 is 12.6 Å². The van der Waals surface area contributed by atoms with Crippen LogP contribution in [0.25, 0.3) is 0 Å². The molecule has 0 bridgehead atoms. The van der Waals surface area contributed by atoms with Gasteiger partial charge in [-0.2, -0.15) is 0 Å². The zero-order chi connectivity index (χ0) is 9.23. The number of hydrogen-bond donors (Lipinski definition) is 5. The number of carbonyl (C=O) groups is 2. The van der Waals surface area contributed by atoms with Gasteiger partial charge in [-0.05, 0) is 0 Å². The molecule has 0 aliphatic rings. The Kier molecular flexibility index (Phi) is 2.85. The number of aliphatic hydroxyl groups excluding tert-OH is 1. The van der Waals surface area contributed by atoms with E-state index in [9.17, 15) is 9.59 Å². The van der Waals surface area contributed by atoms with E-state index in [1.165, 1.54) is 0 Å². The Morgan fingerprint density at radius 3 is 1.82 bits per heavy atom. The monoisotopic (exact) mass is 182 g/mol. The molecule has 0 fully saturated rings. The molecule has 7 heteroatoms. The molecule has 0 heterocycles. The summed E-state index contributed by atoms with van der Waals surface area (Å²) in [5, 5.41) is 33.3. The van der Waals surface area contributed by atoms with Gasteiger partial charge in [0.2, 0.25) is 11.0 Å². The third kappa shape index (κ3) is 2.07. The molecule has 0 rings (SSSR count). The molecule has 2 unspecified atom stereocenters. The third-order valence-electron chi connectivity index (χ3n) is 0.930. The molecule has 2 atom stereocenters. The fourth-order valence-corrected chi connectivity index (χ4v) is 0.400. The van der Waals surface area contributed by atoms with Gasteiger partial charge >= 0.3 is 11.9 Å². The molecule has 0 aromatic heterocycles. The van der Waals surface area contributed by atoms with Crippen LogP contribution in [0.3, 0.4) is 0 Å². The van der Waals surface area contributed by atoms with Gasteiger partial charge in [0.1, 0.15) is 0 Å². The van der Waals surface area contributed by atoms with Gasteiger partial charge in [-0.1, -0.05) is 0 Å². The highest BCUT2D eigenvalue weighted by atomic mass is 32.1. The van der Waals surface area contributed by atoms with Crippen LogP contribution in [0, 0.1) is 0 Å². The van der Waals surface area contributed by atoms with E-state index in [-0.39, 0.29) is 0 Å². The number of hydrogen-bond acceptors (Lipinski definition) is 5. The Morgan fingerprint density at radius 2 is 1.73 bits per heavy atom. The van der Waals surface area contributed by atoms with Gasteiger partial charge in [0.05, 0.1) is 0 Å². The van der Waals surface area contributed by atoms with E-state index in [1.54, 1.807) is 0 Å². The number of carboxylic acid groups (broad SMARTS) is 2. The average molecular weight is 182 g/mol. The summed E-state index contributed by atoms with van der Waals surface area (Å²) in [7, 11) is 0. The number of rotatable bonds is 3. The van der Waals surface area contributed by atoms with Crippen molar-refractivity contribution in [3.8, 4) is 0 Å². The molecule has 0 radical (unpaired) electrons. The predicted molar refractivity (Wildman–Crippen MR) is 35.2 cm³/mol. The SMILES string of the molecule is O=C(O)C(O)C(O)(S)C(=O)O. The highest BCUT2D eigenvalue weighted by Gasteiger charge is 2.44. The minimum absolute atomic E-state index is 1.86. The van der Waals surface area contributed by atoms with E-state index in [1.807, 2.05) is 0 Å². The van der Waals surface area contributed by atoms with Crippen LogP contribution in [-0.2, 0) is 9.59 Å². The second-order valence-electron chi connectivity index (χ2n) is 1.77. The van der Waals surface area contributed by atoms with Gasteiger partial charge in [-0.15, -0.1) is 12.6 Å². The topological polar surface area (TPSA) is 115 Å². The molecule has 0 aromatic rings. The van der Waals surface area contributed by atoms with E-state index in [0.717, 1.165) is 0 Å². The smallest absolute Gasteiger partial charge is 0.349 e. The van der Waals surface area contributed by atoms with Gasteiger partial charge in [0.25, 0.3) is 0 Å². The lowest BCUT2D eigenvalue weighted by atomic mass is 10.2. The van der Waals surface area contributed by atoms with Gasteiger partial charge in [-0.25, -0.2) is 9.59 Å². The number of carboxylic acids is 2. The molecule has 0 spiro atoms. The van der Waals surface area contributed by atoms with E-state index in [0.29, 0.717) is 0 Å². The maximum absolute atomic E-state index is 10.0. The van der Waals surface area contributed by atoms with E-state index in [4.69, 9.17) is 20.4 Å². The van der Waals surface area contributed by atoms with Crippen molar-refractivity contribution in [1.82, 2.24) is 0 Å². The fraction of sp³-hybridized carbons (Fsp3) is 0.500. The van der Waals surface area contributed by atoms with Crippen molar-refractivity contribution >= 4 is 24.6 Å². The Bertz CT molecular complexity index is 187. The van der Waals surface area contributed by atoms with Crippen molar-refractivity contribution in [3.63, 3.8) is 0 Å². The number of aliphatic hydroxyl groups is 2. The summed E-state index contributed by atoms with van der Waals surface area (Å²) < 4.78 is 0. The summed E-state index contributed by atoms with van der Waals surface area (Å²) in [6, 6.07) is 0. The van der Waals surface area contributed by atoms with Crippen molar-refractivity contribution < 1.29 is 30.0 Å². The van der Waals surface area contributed by atoms with Crippen LogP contribution in [0.15, 0.2) is 0 Å². The van der Waals surface area contributed by atoms with Crippen LogP contribution in [0.5, 0.6) is 0 Å². The highest BCUT2D eigenvalue weighted by Crippen LogP contribution is 2.15. The molecule has 4 N–H and O–H groups in total. The molecule has 0 saturated heterocycles. The van der Waals surface area contributed by atoms with E-state index >= 15 is 0 Å². The van der Waals surface area contributed by atoms with Crippen LogP contribution in [-0.4, -0.2) is 43.4 Å². The standard InChI is InChI=1S/C4H6O6S/c5-1(2(6)7)4(10,11)3(8)9/h1,5,10-11H,(H,6,7)(H,8,9). The molecule has 11 heavy (non-hydrogen) atoms. The second-order valence-corrected chi connectivity index (χ2v) is 2.45. The van der Waals surface area contributed by atoms with Crippen LogP contribution in [0.2, 0.25) is 0 Å². The third-order valence-corrected chi connectivity index (χ3v) is 1.37. The largest absolute Gasteiger partial charge is 0.479 e. The maximum Gasteiger partial charge on any atom is 0.349 e. The summed E-state index contributed by atoms with van der Waals surface area (Å²) in [6.45, 7) is 0. The number of thiol groups is 1. The first-order valence-corrected chi connectivity index (χ1v) is 2.84. The lowest BCUT2D eigenvalue weighted by molar-refractivity contribution is -0.169. The molecule has 0 amide bonds. The molecule has 6 nitrogen and oxygen atoms in total. The Hall–Kier alpha value is -0.790.